The summed E-state index contributed by atoms with van der Waals surface area (Å²) in [4.78, 5) is 38.0. The molecule has 0 saturated carbocycles. The van der Waals surface area contributed by atoms with E-state index < -0.39 is 6.10 Å². The van der Waals surface area contributed by atoms with Crippen molar-refractivity contribution in [2.45, 2.75) is 290 Å². The van der Waals surface area contributed by atoms with Crippen LogP contribution in [0.4, 0.5) is 0 Å². The number of ether oxygens (including phenoxy) is 3. The SMILES string of the molecule is CC/C=C\C/C=C\C/C=C\C/C=C\C/C=C\C/C=C\CCCCCCCCC(=O)OCC(COC(=O)CCCCCCCC)OC(=O)CCCCCCCCCCCCC/C=C\C/C=C\CCCCCCC. The third kappa shape index (κ3) is 57.2. The van der Waals surface area contributed by atoms with Crippen molar-refractivity contribution in [1.29, 1.82) is 0 Å². The van der Waals surface area contributed by atoms with Crippen LogP contribution in [0, 0.1) is 0 Å². The lowest BCUT2D eigenvalue weighted by Gasteiger charge is -2.18. The maximum Gasteiger partial charge on any atom is 0.306 e. The van der Waals surface area contributed by atoms with Gasteiger partial charge in [0.2, 0.25) is 0 Å². The Morgan fingerprint density at radius 2 is 0.542 bits per heavy atom. The summed E-state index contributed by atoms with van der Waals surface area (Å²) in [6.45, 7) is 6.45. The Balaban J connectivity index is 4.17. The fraction of sp³-hybridized carbons (Fsp3) is 0.712. The molecule has 0 saturated heterocycles. The summed E-state index contributed by atoms with van der Waals surface area (Å²) < 4.78 is 16.8. The molecule has 0 aromatic rings. The lowest BCUT2D eigenvalue weighted by Crippen LogP contribution is -2.30. The lowest BCUT2D eigenvalue weighted by molar-refractivity contribution is -0.167. The van der Waals surface area contributed by atoms with E-state index in [0.717, 1.165) is 116 Å². The van der Waals surface area contributed by atoms with Gasteiger partial charge in [0.25, 0.3) is 0 Å². The first kappa shape index (κ1) is 68.3. The van der Waals surface area contributed by atoms with Gasteiger partial charge in [-0.3, -0.25) is 14.4 Å². The summed E-state index contributed by atoms with van der Waals surface area (Å²) in [6, 6.07) is 0. The summed E-state index contributed by atoms with van der Waals surface area (Å²) in [5.74, 6) is -0.905. The highest BCUT2D eigenvalue weighted by molar-refractivity contribution is 5.71. The Kier molecular flexibility index (Phi) is 56.8. The van der Waals surface area contributed by atoms with E-state index in [0.29, 0.717) is 19.3 Å². The van der Waals surface area contributed by atoms with Crippen LogP contribution in [-0.2, 0) is 28.6 Å². The molecular weight excluding hydrogens is 889 g/mol. The molecule has 0 aromatic heterocycles. The number of esters is 3. The van der Waals surface area contributed by atoms with E-state index in [9.17, 15) is 14.4 Å². The standard InChI is InChI=1S/C66H112O6/c1-4-7-10-13-16-18-20-22-24-26-28-30-32-33-35-36-38-40-42-44-46-48-50-53-56-59-65(68)71-62-63(61-70-64(67)58-55-52-15-12-9-6-3)72-66(69)60-57-54-51-49-47-45-43-41-39-37-34-31-29-27-25-23-21-19-17-14-11-8-5-2/h7,10,16,18,21-24,27-30,33,35,38,40,63H,4-6,8-9,11-15,17,19-20,25-26,31-32,34,36-37,39,41-62H2,1-3H3/b10-7-,18-16-,23-21-,24-22-,29-27-,30-28-,35-33-,40-38-. The lowest BCUT2D eigenvalue weighted by atomic mass is 10.0. The van der Waals surface area contributed by atoms with E-state index in [4.69, 9.17) is 14.2 Å². The molecule has 0 heterocycles. The monoisotopic (exact) mass is 1000 g/mol. The molecule has 0 amide bonds. The zero-order chi connectivity index (χ0) is 52.2. The molecule has 1 unspecified atom stereocenters. The van der Waals surface area contributed by atoms with Gasteiger partial charge in [-0.2, -0.15) is 0 Å². The molecule has 0 rings (SSSR count). The topological polar surface area (TPSA) is 78.9 Å². The van der Waals surface area contributed by atoms with Gasteiger partial charge in [0, 0.05) is 19.3 Å². The van der Waals surface area contributed by atoms with Crippen LogP contribution in [0.3, 0.4) is 0 Å². The maximum absolute atomic E-state index is 12.8. The first-order valence-electron chi connectivity index (χ1n) is 30.2. The Morgan fingerprint density at radius 1 is 0.292 bits per heavy atom. The molecule has 0 fully saturated rings. The van der Waals surface area contributed by atoms with Crippen molar-refractivity contribution in [3.8, 4) is 0 Å². The van der Waals surface area contributed by atoms with Gasteiger partial charge in [-0.05, 0) is 103 Å². The van der Waals surface area contributed by atoms with Crippen LogP contribution in [0.5, 0.6) is 0 Å². The summed E-state index contributed by atoms with van der Waals surface area (Å²) in [5, 5.41) is 0. The highest BCUT2D eigenvalue weighted by atomic mass is 16.6. The number of hydrogen-bond acceptors (Lipinski definition) is 6. The Morgan fingerprint density at radius 3 is 0.847 bits per heavy atom. The number of carbonyl (C=O) groups excluding carboxylic acids is 3. The average molecular weight is 1000 g/mol. The minimum Gasteiger partial charge on any atom is -0.462 e. The van der Waals surface area contributed by atoms with E-state index in [1.54, 1.807) is 0 Å². The van der Waals surface area contributed by atoms with Crippen LogP contribution >= 0.6 is 0 Å². The Bertz CT molecular complexity index is 1430. The predicted octanol–water partition coefficient (Wildman–Crippen LogP) is 20.5. The molecule has 1 atom stereocenters. The van der Waals surface area contributed by atoms with E-state index in [-0.39, 0.29) is 31.1 Å². The molecule has 0 radical (unpaired) electrons. The molecule has 0 N–H and O–H groups in total. The van der Waals surface area contributed by atoms with Crippen LogP contribution in [0.25, 0.3) is 0 Å². The van der Waals surface area contributed by atoms with E-state index in [1.807, 2.05) is 0 Å². The summed E-state index contributed by atoms with van der Waals surface area (Å²) in [5.41, 5.74) is 0. The molecule has 6 heteroatoms. The van der Waals surface area contributed by atoms with Gasteiger partial charge in [-0.25, -0.2) is 0 Å². The number of rotatable bonds is 54. The maximum atomic E-state index is 12.8. The summed E-state index contributed by atoms with van der Waals surface area (Å²) >= 11 is 0. The summed E-state index contributed by atoms with van der Waals surface area (Å²) in [7, 11) is 0. The van der Waals surface area contributed by atoms with Gasteiger partial charge < -0.3 is 14.2 Å². The third-order valence-electron chi connectivity index (χ3n) is 12.8. The zero-order valence-corrected chi connectivity index (χ0v) is 47.2. The fourth-order valence-electron chi connectivity index (χ4n) is 8.30. The molecule has 0 spiro atoms. The van der Waals surface area contributed by atoms with Gasteiger partial charge in [-0.1, -0.05) is 259 Å². The van der Waals surface area contributed by atoms with Crippen LogP contribution in [0.2, 0.25) is 0 Å². The molecule has 0 bridgehead atoms. The molecule has 0 aliphatic carbocycles. The van der Waals surface area contributed by atoms with Crippen molar-refractivity contribution in [2.75, 3.05) is 13.2 Å². The van der Waals surface area contributed by atoms with Crippen molar-refractivity contribution < 1.29 is 28.6 Å². The molecular formula is C66H112O6. The van der Waals surface area contributed by atoms with Gasteiger partial charge >= 0.3 is 17.9 Å². The van der Waals surface area contributed by atoms with Gasteiger partial charge in [-0.15, -0.1) is 0 Å². The normalized spacial score (nSPS) is 12.8. The van der Waals surface area contributed by atoms with Gasteiger partial charge in [0.05, 0.1) is 0 Å². The smallest absolute Gasteiger partial charge is 0.306 e. The largest absolute Gasteiger partial charge is 0.462 e. The van der Waals surface area contributed by atoms with E-state index in [1.165, 1.54) is 128 Å². The highest BCUT2D eigenvalue weighted by Crippen LogP contribution is 2.15. The number of allylic oxidation sites excluding steroid dienone is 16. The first-order chi connectivity index (χ1) is 35.5. The van der Waals surface area contributed by atoms with Crippen LogP contribution in [0.1, 0.15) is 284 Å². The molecule has 6 nitrogen and oxygen atoms in total. The fourth-order valence-corrected chi connectivity index (χ4v) is 8.30. The van der Waals surface area contributed by atoms with E-state index >= 15 is 0 Å². The van der Waals surface area contributed by atoms with Crippen molar-refractivity contribution in [1.82, 2.24) is 0 Å². The van der Waals surface area contributed by atoms with Crippen molar-refractivity contribution in [3.63, 3.8) is 0 Å². The Labute approximate surface area is 445 Å². The molecule has 412 valence electrons. The van der Waals surface area contributed by atoms with Crippen LogP contribution < -0.4 is 0 Å². The number of hydrogen-bond donors (Lipinski definition) is 0. The minimum absolute atomic E-state index is 0.0828. The second kappa shape index (κ2) is 59.9. The average Bonchev–Trinajstić information content (AvgIpc) is 3.38. The van der Waals surface area contributed by atoms with E-state index in [2.05, 4.69) is 118 Å². The number of unbranched alkanes of at least 4 members (excludes halogenated alkanes) is 27. The van der Waals surface area contributed by atoms with Crippen molar-refractivity contribution in [3.05, 3.63) is 97.2 Å². The molecule has 0 aromatic carbocycles. The first-order valence-corrected chi connectivity index (χ1v) is 30.2. The molecule has 0 aliphatic heterocycles. The van der Waals surface area contributed by atoms with Crippen LogP contribution in [0.15, 0.2) is 97.2 Å². The second-order valence-corrected chi connectivity index (χ2v) is 19.9. The quantitative estimate of drug-likeness (QED) is 0.0261. The second-order valence-electron chi connectivity index (χ2n) is 19.9. The van der Waals surface area contributed by atoms with Gasteiger partial charge in [0.1, 0.15) is 13.2 Å². The highest BCUT2D eigenvalue weighted by Gasteiger charge is 2.19. The zero-order valence-electron chi connectivity index (χ0n) is 47.2. The van der Waals surface area contributed by atoms with Crippen molar-refractivity contribution >= 4 is 17.9 Å². The Hall–Kier alpha value is -3.67. The third-order valence-corrected chi connectivity index (χ3v) is 12.8. The van der Waals surface area contributed by atoms with Gasteiger partial charge in [0.15, 0.2) is 6.10 Å². The molecule has 72 heavy (non-hydrogen) atoms. The summed E-state index contributed by atoms with van der Waals surface area (Å²) in [6.07, 6.45) is 80.1. The number of carbonyl (C=O) groups is 3. The molecule has 0 aliphatic rings. The van der Waals surface area contributed by atoms with Crippen LogP contribution in [-0.4, -0.2) is 37.2 Å². The minimum atomic E-state index is -0.783. The predicted molar refractivity (Wildman–Crippen MR) is 311 cm³/mol. The van der Waals surface area contributed by atoms with Crippen molar-refractivity contribution in [2.24, 2.45) is 0 Å².